The maximum absolute atomic E-state index is 4.05. The number of hydrogen-bond donors (Lipinski definition) is 0. The molecule has 0 bridgehead atoms. The minimum absolute atomic E-state index is 1.04. The van der Waals surface area contributed by atoms with Crippen molar-refractivity contribution in [2.75, 3.05) is 18.0 Å². The molecule has 2 nitrogen and oxygen atoms in total. The lowest BCUT2D eigenvalue weighted by Crippen LogP contribution is -2.23. The summed E-state index contributed by atoms with van der Waals surface area (Å²) in [5.74, 6) is 0. The normalized spacial score (nSPS) is 10.1. The van der Waals surface area contributed by atoms with E-state index in [4.69, 9.17) is 0 Å². The van der Waals surface area contributed by atoms with Gasteiger partial charge in [-0.05, 0) is 35.3 Å². The fourth-order valence-corrected chi connectivity index (χ4v) is 1.84. The number of hydrogen-bond acceptors (Lipinski definition) is 2. The second-order valence-electron chi connectivity index (χ2n) is 2.91. The van der Waals surface area contributed by atoms with Gasteiger partial charge in [0, 0.05) is 25.5 Å². The molecule has 0 atom stereocenters. The summed E-state index contributed by atoms with van der Waals surface area (Å²) in [6.07, 6.45) is 4.84. The third kappa shape index (κ3) is 2.69. The van der Waals surface area contributed by atoms with Gasteiger partial charge in [0.25, 0.3) is 0 Å². The second kappa shape index (κ2) is 5.22. The zero-order valence-electron chi connectivity index (χ0n) is 8.13. The first-order valence-electron chi connectivity index (χ1n) is 4.64. The average Bonchev–Trinajstić information content (AvgIpc) is 2.16. The molecule has 1 aromatic rings. The fourth-order valence-electron chi connectivity index (χ4n) is 1.34. The van der Waals surface area contributed by atoms with Crippen LogP contribution in [-0.2, 0) is 0 Å². The molecule has 0 fully saturated rings. The number of rotatable bonds is 4. The number of halogens is 1. The molecule has 0 saturated carbocycles. The van der Waals surface area contributed by atoms with Gasteiger partial charge in [-0.3, -0.25) is 4.98 Å². The predicted molar refractivity (Wildman–Crippen MR) is 60.1 cm³/mol. The van der Waals surface area contributed by atoms with Crippen molar-refractivity contribution in [1.29, 1.82) is 0 Å². The van der Waals surface area contributed by atoms with Crippen molar-refractivity contribution in [1.82, 2.24) is 4.98 Å². The van der Waals surface area contributed by atoms with Gasteiger partial charge in [-0.15, -0.1) is 0 Å². The van der Waals surface area contributed by atoms with Gasteiger partial charge in [-0.25, -0.2) is 0 Å². The third-order valence-electron chi connectivity index (χ3n) is 1.97. The Balaban J connectivity index is 2.84. The lowest BCUT2D eigenvalue weighted by molar-refractivity contribution is 0.789. The minimum Gasteiger partial charge on any atom is -0.371 e. The first-order chi connectivity index (χ1) is 6.29. The van der Waals surface area contributed by atoms with Crippen molar-refractivity contribution in [3.8, 4) is 0 Å². The van der Waals surface area contributed by atoms with Gasteiger partial charge in [0.15, 0.2) is 0 Å². The highest BCUT2D eigenvalue weighted by atomic mass is 79.9. The largest absolute Gasteiger partial charge is 0.371 e. The maximum atomic E-state index is 4.05. The second-order valence-corrected chi connectivity index (χ2v) is 3.76. The maximum Gasteiger partial charge on any atom is 0.0592 e. The summed E-state index contributed by atoms with van der Waals surface area (Å²) in [5, 5.41) is 0. The van der Waals surface area contributed by atoms with Crippen molar-refractivity contribution >= 4 is 21.6 Å². The zero-order valence-corrected chi connectivity index (χ0v) is 9.71. The van der Waals surface area contributed by atoms with Crippen LogP contribution in [0, 0.1) is 0 Å². The lowest BCUT2D eigenvalue weighted by Gasteiger charge is -2.23. The molecule has 13 heavy (non-hydrogen) atoms. The average molecular weight is 243 g/mol. The summed E-state index contributed by atoms with van der Waals surface area (Å²) in [7, 11) is 0. The summed E-state index contributed by atoms with van der Waals surface area (Å²) >= 11 is 3.50. The van der Waals surface area contributed by atoms with Crippen LogP contribution in [0.4, 0.5) is 5.69 Å². The monoisotopic (exact) mass is 242 g/mol. The smallest absolute Gasteiger partial charge is 0.0592 e. The van der Waals surface area contributed by atoms with E-state index in [1.807, 2.05) is 18.5 Å². The molecule has 72 valence electrons. The van der Waals surface area contributed by atoms with E-state index >= 15 is 0 Å². The summed E-state index contributed by atoms with van der Waals surface area (Å²) in [6, 6.07) is 2.04. The zero-order chi connectivity index (χ0) is 9.68. The predicted octanol–water partition coefficient (Wildman–Crippen LogP) is 3.08. The molecule has 1 heterocycles. The van der Waals surface area contributed by atoms with Crippen molar-refractivity contribution < 1.29 is 0 Å². The minimum atomic E-state index is 1.04. The Kier molecular flexibility index (Phi) is 4.22. The van der Waals surface area contributed by atoms with Crippen LogP contribution >= 0.6 is 15.9 Å². The van der Waals surface area contributed by atoms with E-state index in [-0.39, 0.29) is 0 Å². The summed E-state index contributed by atoms with van der Waals surface area (Å²) in [6.45, 7) is 6.50. The Morgan fingerprint density at radius 3 is 2.77 bits per heavy atom. The molecule has 0 amide bonds. The van der Waals surface area contributed by atoms with Gasteiger partial charge in [-0.1, -0.05) is 6.92 Å². The molecule has 0 aliphatic carbocycles. The molecule has 1 aromatic heterocycles. The van der Waals surface area contributed by atoms with Crippen LogP contribution in [0.1, 0.15) is 20.3 Å². The Labute approximate surface area is 88.1 Å². The van der Waals surface area contributed by atoms with Crippen LogP contribution in [-0.4, -0.2) is 18.1 Å². The summed E-state index contributed by atoms with van der Waals surface area (Å²) in [5.41, 5.74) is 1.24. The van der Waals surface area contributed by atoms with E-state index in [1.54, 1.807) is 0 Å². The van der Waals surface area contributed by atoms with Crippen LogP contribution < -0.4 is 4.90 Å². The van der Waals surface area contributed by atoms with E-state index in [2.05, 4.69) is 39.7 Å². The van der Waals surface area contributed by atoms with Gasteiger partial charge in [0.2, 0.25) is 0 Å². The van der Waals surface area contributed by atoms with Crippen molar-refractivity contribution in [2.24, 2.45) is 0 Å². The molecule has 0 radical (unpaired) electrons. The molecule has 0 N–H and O–H groups in total. The number of anilines is 1. The Morgan fingerprint density at radius 2 is 2.23 bits per heavy atom. The Hall–Kier alpha value is -0.570. The highest BCUT2D eigenvalue weighted by Gasteiger charge is 2.05. The molecular weight excluding hydrogens is 228 g/mol. The quantitative estimate of drug-likeness (QED) is 0.807. The van der Waals surface area contributed by atoms with E-state index in [9.17, 15) is 0 Å². The van der Waals surface area contributed by atoms with Crippen LogP contribution in [0.15, 0.2) is 22.9 Å². The van der Waals surface area contributed by atoms with Crippen molar-refractivity contribution in [3.63, 3.8) is 0 Å². The molecule has 0 unspecified atom stereocenters. The number of nitrogens with zero attached hydrogens (tertiary/aromatic N) is 2. The summed E-state index contributed by atoms with van der Waals surface area (Å²) in [4.78, 5) is 6.39. The van der Waals surface area contributed by atoms with Crippen LogP contribution in [0.5, 0.6) is 0 Å². The number of pyridine rings is 1. The molecule has 0 saturated heterocycles. The van der Waals surface area contributed by atoms with E-state index in [0.29, 0.717) is 0 Å². The molecular formula is C10H15BrN2. The van der Waals surface area contributed by atoms with Crippen molar-refractivity contribution in [3.05, 3.63) is 22.9 Å². The highest BCUT2D eigenvalue weighted by molar-refractivity contribution is 9.10. The Morgan fingerprint density at radius 1 is 1.46 bits per heavy atom. The van der Waals surface area contributed by atoms with Crippen LogP contribution in [0.3, 0.4) is 0 Å². The lowest BCUT2D eigenvalue weighted by atomic mass is 10.3. The van der Waals surface area contributed by atoms with Gasteiger partial charge in [-0.2, -0.15) is 0 Å². The first-order valence-corrected chi connectivity index (χ1v) is 5.43. The van der Waals surface area contributed by atoms with Crippen LogP contribution in [0.25, 0.3) is 0 Å². The molecule has 1 rings (SSSR count). The van der Waals surface area contributed by atoms with E-state index in [1.165, 1.54) is 12.1 Å². The molecule has 0 aliphatic heterocycles. The highest BCUT2D eigenvalue weighted by Crippen LogP contribution is 2.24. The topological polar surface area (TPSA) is 16.1 Å². The summed E-state index contributed by atoms with van der Waals surface area (Å²) < 4.78 is 1.07. The SMILES string of the molecule is CCCN(CC)c1ccncc1Br. The van der Waals surface area contributed by atoms with Crippen LogP contribution in [0.2, 0.25) is 0 Å². The molecule has 0 aromatic carbocycles. The standard InChI is InChI=1S/C10H15BrN2/c1-3-7-13(4-2)10-5-6-12-8-9(10)11/h5-6,8H,3-4,7H2,1-2H3. The van der Waals surface area contributed by atoms with E-state index in [0.717, 1.165) is 17.6 Å². The van der Waals surface area contributed by atoms with Gasteiger partial charge in [0.1, 0.15) is 0 Å². The Bertz CT molecular complexity index is 263. The van der Waals surface area contributed by atoms with Crippen molar-refractivity contribution in [2.45, 2.75) is 20.3 Å². The third-order valence-corrected chi connectivity index (χ3v) is 2.58. The molecule has 0 spiro atoms. The molecule has 3 heteroatoms. The molecule has 0 aliphatic rings. The van der Waals surface area contributed by atoms with Gasteiger partial charge < -0.3 is 4.90 Å². The fraction of sp³-hybridized carbons (Fsp3) is 0.500. The number of aromatic nitrogens is 1. The first kappa shape index (κ1) is 10.5. The van der Waals surface area contributed by atoms with Gasteiger partial charge in [0.05, 0.1) is 10.2 Å². The van der Waals surface area contributed by atoms with Gasteiger partial charge >= 0.3 is 0 Å². The van der Waals surface area contributed by atoms with E-state index < -0.39 is 0 Å².